The normalized spacial score (nSPS) is 18.8. The van der Waals surface area contributed by atoms with Crippen LogP contribution >= 0.6 is 0 Å². The van der Waals surface area contributed by atoms with Gasteiger partial charge in [0.1, 0.15) is 17.1 Å². The van der Waals surface area contributed by atoms with Gasteiger partial charge in [-0.1, -0.05) is 16.7 Å². The summed E-state index contributed by atoms with van der Waals surface area (Å²) in [5, 5.41) is 8.39. The summed E-state index contributed by atoms with van der Waals surface area (Å²) in [6, 6.07) is 8.19. The standard InChI is InChI=1S/C18H20N4O2/c1-13-9-17(21-23-13)18-6-2-3-8-22(18)12-15-10-16(20-24-15)14-5-4-7-19-11-14/h4-5,7,9-11,18H,2-3,6,8,12H2,1H3/t18-/m0/s1. The lowest BCUT2D eigenvalue weighted by atomic mass is 9.99. The van der Waals surface area contributed by atoms with Gasteiger partial charge in [0.15, 0.2) is 5.76 Å². The summed E-state index contributed by atoms with van der Waals surface area (Å²) < 4.78 is 10.8. The van der Waals surface area contributed by atoms with Crippen LogP contribution in [0.5, 0.6) is 0 Å². The Kier molecular flexibility index (Phi) is 4.13. The number of likely N-dealkylation sites (tertiary alicyclic amines) is 1. The zero-order chi connectivity index (χ0) is 16.4. The minimum atomic E-state index is 0.281. The Balaban J connectivity index is 1.52. The average molecular weight is 324 g/mol. The number of piperidine rings is 1. The number of pyridine rings is 1. The molecule has 4 heterocycles. The molecule has 6 heteroatoms. The van der Waals surface area contributed by atoms with Crippen molar-refractivity contribution in [1.29, 1.82) is 0 Å². The van der Waals surface area contributed by atoms with Gasteiger partial charge in [0.25, 0.3) is 0 Å². The summed E-state index contributed by atoms with van der Waals surface area (Å²) in [6.45, 7) is 3.68. The summed E-state index contributed by atoms with van der Waals surface area (Å²) >= 11 is 0. The first-order valence-electron chi connectivity index (χ1n) is 8.33. The summed E-state index contributed by atoms with van der Waals surface area (Å²) in [7, 11) is 0. The highest BCUT2D eigenvalue weighted by atomic mass is 16.5. The summed E-state index contributed by atoms with van der Waals surface area (Å²) in [4.78, 5) is 6.53. The minimum Gasteiger partial charge on any atom is -0.361 e. The van der Waals surface area contributed by atoms with Gasteiger partial charge in [-0.3, -0.25) is 9.88 Å². The Morgan fingerprint density at radius 1 is 1.21 bits per heavy atom. The third-order valence-electron chi connectivity index (χ3n) is 4.48. The van der Waals surface area contributed by atoms with Crippen LogP contribution in [0.1, 0.15) is 42.5 Å². The van der Waals surface area contributed by atoms with Gasteiger partial charge in [-0.25, -0.2) is 0 Å². The van der Waals surface area contributed by atoms with Crippen molar-refractivity contribution in [1.82, 2.24) is 20.2 Å². The van der Waals surface area contributed by atoms with Gasteiger partial charge in [0.05, 0.1) is 12.6 Å². The molecule has 3 aromatic heterocycles. The molecule has 1 fully saturated rings. The van der Waals surface area contributed by atoms with Crippen molar-refractivity contribution in [2.24, 2.45) is 0 Å². The summed E-state index contributed by atoms with van der Waals surface area (Å²) in [5.74, 6) is 1.72. The molecule has 0 spiro atoms. The second-order valence-electron chi connectivity index (χ2n) is 6.26. The topological polar surface area (TPSA) is 68.2 Å². The van der Waals surface area contributed by atoms with Crippen LogP contribution in [0.25, 0.3) is 11.3 Å². The fraction of sp³-hybridized carbons (Fsp3) is 0.389. The van der Waals surface area contributed by atoms with Crippen LogP contribution in [0.3, 0.4) is 0 Å². The van der Waals surface area contributed by atoms with Crippen molar-refractivity contribution < 1.29 is 9.05 Å². The van der Waals surface area contributed by atoms with Gasteiger partial charge < -0.3 is 9.05 Å². The fourth-order valence-corrected chi connectivity index (χ4v) is 3.30. The van der Waals surface area contributed by atoms with Crippen LogP contribution in [-0.2, 0) is 6.54 Å². The predicted octanol–water partition coefficient (Wildman–Crippen LogP) is 3.76. The number of hydrogen-bond acceptors (Lipinski definition) is 6. The van der Waals surface area contributed by atoms with Crippen LogP contribution in [0.15, 0.2) is 45.7 Å². The SMILES string of the molecule is Cc1cc([C@@H]2CCCCN2Cc2cc(-c3cccnc3)no2)no1. The molecule has 0 aliphatic carbocycles. The Morgan fingerprint density at radius 2 is 2.17 bits per heavy atom. The zero-order valence-electron chi connectivity index (χ0n) is 13.7. The second kappa shape index (κ2) is 6.57. The number of aryl methyl sites for hydroxylation is 1. The van der Waals surface area contributed by atoms with Crippen molar-refractivity contribution in [3.8, 4) is 11.3 Å². The molecule has 6 nitrogen and oxygen atoms in total. The highest BCUT2D eigenvalue weighted by Crippen LogP contribution is 2.32. The van der Waals surface area contributed by atoms with Crippen molar-refractivity contribution in [2.45, 2.75) is 38.8 Å². The molecule has 24 heavy (non-hydrogen) atoms. The molecule has 1 saturated heterocycles. The number of rotatable bonds is 4. The van der Waals surface area contributed by atoms with Gasteiger partial charge in [0.2, 0.25) is 0 Å². The molecular formula is C18H20N4O2. The van der Waals surface area contributed by atoms with Gasteiger partial charge in [-0.15, -0.1) is 0 Å². The molecule has 3 aromatic rings. The maximum Gasteiger partial charge on any atom is 0.151 e. The fourth-order valence-electron chi connectivity index (χ4n) is 3.30. The van der Waals surface area contributed by atoms with Crippen LogP contribution < -0.4 is 0 Å². The Labute approximate surface area is 140 Å². The monoisotopic (exact) mass is 324 g/mol. The molecule has 4 rings (SSSR count). The molecule has 0 bridgehead atoms. The number of nitrogens with zero attached hydrogens (tertiary/aromatic N) is 4. The first-order valence-corrected chi connectivity index (χ1v) is 8.33. The first kappa shape index (κ1) is 15.1. The van der Waals surface area contributed by atoms with Crippen molar-refractivity contribution in [3.63, 3.8) is 0 Å². The largest absolute Gasteiger partial charge is 0.361 e. The highest BCUT2D eigenvalue weighted by molar-refractivity contribution is 5.57. The molecule has 1 atom stereocenters. The lowest BCUT2D eigenvalue weighted by Crippen LogP contribution is -2.33. The van der Waals surface area contributed by atoms with E-state index in [9.17, 15) is 0 Å². The van der Waals surface area contributed by atoms with Gasteiger partial charge in [-0.2, -0.15) is 0 Å². The molecule has 0 saturated carbocycles. The lowest BCUT2D eigenvalue weighted by molar-refractivity contribution is 0.120. The quantitative estimate of drug-likeness (QED) is 0.728. The zero-order valence-corrected chi connectivity index (χ0v) is 13.7. The van der Waals surface area contributed by atoms with E-state index in [1.807, 2.05) is 31.2 Å². The second-order valence-corrected chi connectivity index (χ2v) is 6.26. The lowest BCUT2D eigenvalue weighted by Gasteiger charge is -2.33. The third-order valence-corrected chi connectivity index (χ3v) is 4.48. The maximum absolute atomic E-state index is 5.55. The average Bonchev–Trinajstić information content (AvgIpc) is 3.25. The van der Waals surface area contributed by atoms with Crippen LogP contribution in [0.4, 0.5) is 0 Å². The van der Waals surface area contributed by atoms with E-state index in [-0.39, 0.29) is 6.04 Å². The number of aromatic nitrogens is 3. The molecule has 0 aromatic carbocycles. The van der Waals surface area contributed by atoms with E-state index in [4.69, 9.17) is 9.05 Å². The van der Waals surface area contributed by atoms with Crippen LogP contribution in [0.2, 0.25) is 0 Å². The third kappa shape index (κ3) is 3.10. The first-order chi connectivity index (χ1) is 11.8. The van der Waals surface area contributed by atoms with Crippen LogP contribution in [-0.4, -0.2) is 26.7 Å². The molecule has 124 valence electrons. The van der Waals surface area contributed by atoms with Crippen molar-refractivity contribution in [2.75, 3.05) is 6.54 Å². The Hall–Kier alpha value is -2.47. The van der Waals surface area contributed by atoms with E-state index in [0.29, 0.717) is 0 Å². The van der Waals surface area contributed by atoms with Gasteiger partial charge in [-0.05, 0) is 38.4 Å². The van der Waals surface area contributed by atoms with Gasteiger partial charge >= 0.3 is 0 Å². The Morgan fingerprint density at radius 3 is 2.96 bits per heavy atom. The van der Waals surface area contributed by atoms with E-state index < -0.39 is 0 Å². The number of hydrogen-bond donors (Lipinski definition) is 0. The minimum absolute atomic E-state index is 0.281. The highest BCUT2D eigenvalue weighted by Gasteiger charge is 2.27. The predicted molar refractivity (Wildman–Crippen MR) is 88.0 cm³/mol. The smallest absolute Gasteiger partial charge is 0.151 e. The molecule has 0 unspecified atom stereocenters. The van der Waals surface area contributed by atoms with Crippen LogP contribution in [0, 0.1) is 6.92 Å². The Bertz CT molecular complexity index is 796. The van der Waals surface area contributed by atoms with E-state index in [1.165, 1.54) is 12.8 Å². The van der Waals surface area contributed by atoms with Crippen molar-refractivity contribution in [3.05, 3.63) is 53.9 Å². The molecule has 1 aliphatic rings. The molecular weight excluding hydrogens is 304 g/mol. The van der Waals surface area contributed by atoms with Crippen molar-refractivity contribution >= 4 is 0 Å². The summed E-state index contributed by atoms with van der Waals surface area (Å²) in [6.07, 6.45) is 7.04. The maximum atomic E-state index is 5.55. The molecule has 0 N–H and O–H groups in total. The van der Waals surface area contributed by atoms with E-state index in [1.54, 1.807) is 12.4 Å². The van der Waals surface area contributed by atoms with Gasteiger partial charge in [0, 0.05) is 30.1 Å². The van der Waals surface area contributed by atoms with E-state index in [0.717, 1.165) is 48.0 Å². The molecule has 0 radical (unpaired) electrons. The summed E-state index contributed by atoms with van der Waals surface area (Å²) in [5.41, 5.74) is 2.80. The molecule has 1 aliphatic heterocycles. The van der Waals surface area contributed by atoms with E-state index >= 15 is 0 Å². The molecule has 0 amide bonds. The van der Waals surface area contributed by atoms with E-state index in [2.05, 4.69) is 20.2 Å².